The number of benzene rings is 1. The van der Waals surface area contributed by atoms with Crippen LogP contribution in [0.4, 0.5) is 0 Å². The summed E-state index contributed by atoms with van der Waals surface area (Å²) in [5, 5.41) is 15.4. The SMILES string of the molecule is Cc1cc(C(C)(O)c2ccc(B3OC(C)(C)C(C)(C)O3)cc2)nn1C. The first-order valence-electron chi connectivity index (χ1n) is 8.64. The molecule has 1 aliphatic rings. The van der Waals surface area contributed by atoms with Gasteiger partial charge in [0.05, 0.1) is 16.9 Å². The average molecular weight is 342 g/mol. The molecule has 1 saturated heterocycles. The fourth-order valence-corrected chi connectivity index (χ4v) is 2.89. The normalized spacial score (nSPS) is 21.4. The molecular formula is C19H27BN2O3. The quantitative estimate of drug-likeness (QED) is 0.870. The Labute approximate surface area is 150 Å². The van der Waals surface area contributed by atoms with Crippen LogP contribution in [0.1, 0.15) is 51.6 Å². The van der Waals surface area contributed by atoms with Crippen LogP contribution in [0, 0.1) is 6.92 Å². The van der Waals surface area contributed by atoms with E-state index < -0.39 is 12.7 Å². The van der Waals surface area contributed by atoms with Crippen LogP contribution in [0.5, 0.6) is 0 Å². The van der Waals surface area contributed by atoms with Gasteiger partial charge in [0.15, 0.2) is 0 Å². The van der Waals surface area contributed by atoms with Gasteiger partial charge in [-0.3, -0.25) is 4.68 Å². The Morgan fingerprint density at radius 1 is 1.08 bits per heavy atom. The second-order valence-corrected chi connectivity index (χ2v) is 8.08. The number of aliphatic hydroxyl groups is 1. The summed E-state index contributed by atoms with van der Waals surface area (Å²) < 4.78 is 13.9. The van der Waals surface area contributed by atoms with Gasteiger partial charge in [-0.2, -0.15) is 5.10 Å². The third-order valence-corrected chi connectivity index (χ3v) is 5.61. The van der Waals surface area contributed by atoms with Crippen molar-refractivity contribution in [3.63, 3.8) is 0 Å². The second-order valence-electron chi connectivity index (χ2n) is 8.08. The Morgan fingerprint density at radius 2 is 1.60 bits per heavy atom. The van der Waals surface area contributed by atoms with Crippen molar-refractivity contribution >= 4 is 12.6 Å². The molecule has 1 aromatic carbocycles. The molecule has 2 heterocycles. The molecule has 1 aromatic heterocycles. The molecule has 0 spiro atoms. The van der Waals surface area contributed by atoms with Gasteiger partial charge in [-0.05, 0) is 58.6 Å². The zero-order valence-corrected chi connectivity index (χ0v) is 16.1. The molecule has 0 radical (unpaired) electrons. The minimum atomic E-state index is -1.15. The number of nitrogens with zero attached hydrogens (tertiary/aromatic N) is 2. The number of hydrogen-bond donors (Lipinski definition) is 1. The van der Waals surface area contributed by atoms with Gasteiger partial charge in [-0.25, -0.2) is 0 Å². The zero-order valence-electron chi connectivity index (χ0n) is 16.1. The predicted octanol–water partition coefficient (Wildman–Crippen LogP) is 2.28. The summed E-state index contributed by atoms with van der Waals surface area (Å²) in [5.74, 6) is 0. The molecule has 1 fully saturated rings. The topological polar surface area (TPSA) is 56.5 Å². The van der Waals surface area contributed by atoms with Gasteiger partial charge in [0.2, 0.25) is 0 Å². The van der Waals surface area contributed by atoms with E-state index in [1.54, 1.807) is 11.6 Å². The number of rotatable bonds is 3. The molecule has 0 amide bonds. The van der Waals surface area contributed by atoms with Crippen molar-refractivity contribution in [2.24, 2.45) is 7.05 Å². The molecule has 1 unspecified atom stereocenters. The standard InChI is InChI=1S/C19H27BN2O3/c1-13-12-16(21-22(13)7)19(6,23)14-8-10-15(11-9-14)20-24-17(2,3)18(4,5)25-20/h8-12,23H,1-7H3. The minimum absolute atomic E-state index is 0.368. The monoisotopic (exact) mass is 342 g/mol. The third kappa shape index (κ3) is 3.03. The molecule has 3 rings (SSSR count). The zero-order chi connectivity index (χ0) is 18.6. The highest BCUT2D eigenvalue weighted by atomic mass is 16.7. The van der Waals surface area contributed by atoms with E-state index in [0.717, 1.165) is 16.7 Å². The summed E-state index contributed by atoms with van der Waals surface area (Å²) in [6.45, 7) is 11.9. The van der Waals surface area contributed by atoms with Gasteiger partial charge in [0.25, 0.3) is 0 Å². The van der Waals surface area contributed by atoms with E-state index in [-0.39, 0.29) is 11.2 Å². The number of aryl methyl sites for hydroxylation is 2. The fraction of sp³-hybridized carbons (Fsp3) is 0.526. The maximum Gasteiger partial charge on any atom is 0.494 e. The van der Waals surface area contributed by atoms with Gasteiger partial charge in [0.1, 0.15) is 5.60 Å². The Kier molecular flexibility index (Phi) is 4.14. The van der Waals surface area contributed by atoms with Crippen LogP contribution < -0.4 is 5.46 Å². The maximum absolute atomic E-state index is 11.0. The summed E-state index contributed by atoms with van der Waals surface area (Å²) in [6, 6.07) is 9.61. The minimum Gasteiger partial charge on any atom is -0.399 e. The Hall–Kier alpha value is -1.63. The molecule has 0 saturated carbocycles. The molecule has 5 nitrogen and oxygen atoms in total. The van der Waals surface area contributed by atoms with Crippen molar-refractivity contribution in [2.75, 3.05) is 0 Å². The summed E-state index contributed by atoms with van der Waals surface area (Å²) >= 11 is 0. The molecule has 134 valence electrons. The number of hydrogen-bond acceptors (Lipinski definition) is 4. The third-order valence-electron chi connectivity index (χ3n) is 5.61. The van der Waals surface area contributed by atoms with Crippen molar-refractivity contribution in [2.45, 2.75) is 58.3 Å². The summed E-state index contributed by atoms with van der Waals surface area (Å²) in [7, 11) is 1.47. The lowest BCUT2D eigenvalue weighted by atomic mass is 9.78. The van der Waals surface area contributed by atoms with E-state index in [4.69, 9.17) is 9.31 Å². The van der Waals surface area contributed by atoms with E-state index in [9.17, 15) is 5.11 Å². The molecule has 0 bridgehead atoms. The van der Waals surface area contributed by atoms with E-state index >= 15 is 0 Å². The van der Waals surface area contributed by atoms with Crippen LogP contribution in [-0.2, 0) is 22.0 Å². The van der Waals surface area contributed by atoms with Gasteiger partial charge in [0, 0.05) is 12.7 Å². The lowest BCUT2D eigenvalue weighted by Crippen LogP contribution is -2.41. The smallest absolute Gasteiger partial charge is 0.399 e. The Bertz CT molecular complexity index is 743. The molecular weight excluding hydrogens is 315 g/mol. The van der Waals surface area contributed by atoms with E-state index in [0.29, 0.717) is 5.69 Å². The van der Waals surface area contributed by atoms with Crippen molar-refractivity contribution in [3.8, 4) is 0 Å². The van der Waals surface area contributed by atoms with Gasteiger partial charge in [-0.15, -0.1) is 0 Å². The van der Waals surface area contributed by atoms with Crippen molar-refractivity contribution in [1.29, 1.82) is 0 Å². The average Bonchev–Trinajstić information content (AvgIpc) is 2.96. The van der Waals surface area contributed by atoms with Crippen LogP contribution >= 0.6 is 0 Å². The van der Waals surface area contributed by atoms with Gasteiger partial charge >= 0.3 is 7.12 Å². The highest BCUT2D eigenvalue weighted by molar-refractivity contribution is 6.62. The first-order chi connectivity index (χ1) is 11.4. The molecule has 2 aromatic rings. The summed E-state index contributed by atoms with van der Waals surface area (Å²) in [4.78, 5) is 0. The molecule has 0 aliphatic carbocycles. The fourth-order valence-electron chi connectivity index (χ4n) is 2.89. The van der Waals surface area contributed by atoms with E-state index in [1.165, 1.54) is 0 Å². The van der Waals surface area contributed by atoms with Crippen LogP contribution in [-0.4, -0.2) is 33.2 Å². The summed E-state index contributed by atoms with van der Waals surface area (Å²) in [5.41, 5.74) is 1.47. The van der Waals surface area contributed by atoms with Gasteiger partial charge in [-0.1, -0.05) is 24.3 Å². The molecule has 6 heteroatoms. The van der Waals surface area contributed by atoms with Crippen LogP contribution in [0.2, 0.25) is 0 Å². The second kappa shape index (κ2) is 5.69. The molecule has 1 N–H and O–H groups in total. The van der Waals surface area contributed by atoms with E-state index in [2.05, 4.69) is 5.10 Å². The molecule has 1 aliphatic heterocycles. The van der Waals surface area contributed by atoms with E-state index in [1.807, 2.05) is 72.0 Å². The van der Waals surface area contributed by atoms with Crippen LogP contribution in [0.15, 0.2) is 30.3 Å². The summed E-state index contributed by atoms with van der Waals surface area (Å²) in [6.07, 6.45) is 0. The first-order valence-corrected chi connectivity index (χ1v) is 8.64. The molecule has 25 heavy (non-hydrogen) atoms. The van der Waals surface area contributed by atoms with Crippen molar-refractivity contribution < 1.29 is 14.4 Å². The largest absolute Gasteiger partial charge is 0.494 e. The van der Waals surface area contributed by atoms with Crippen LogP contribution in [0.3, 0.4) is 0 Å². The maximum atomic E-state index is 11.0. The Balaban J connectivity index is 1.85. The predicted molar refractivity (Wildman–Crippen MR) is 98.8 cm³/mol. The Morgan fingerprint density at radius 3 is 2.04 bits per heavy atom. The first kappa shape index (κ1) is 18.2. The van der Waals surface area contributed by atoms with Gasteiger partial charge < -0.3 is 14.4 Å². The lowest BCUT2D eigenvalue weighted by Gasteiger charge is -2.32. The highest BCUT2D eigenvalue weighted by Gasteiger charge is 2.51. The van der Waals surface area contributed by atoms with Crippen molar-refractivity contribution in [3.05, 3.63) is 47.3 Å². The van der Waals surface area contributed by atoms with Crippen LogP contribution in [0.25, 0.3) is 0 Å². The highest BCUT2D eigenvalue weighted by Crippen LogP contribution is 2.36. The number of aromatic nitrogens is 2. The van der Waals surface area contributed by atoms with Crippen molar-refractivity contribution in [1.82, 2.24) is 9.78 Å². The molecule has 1 atom stereocenters. The lowest BCUT2D eigenvalue weighted by molar-refractivity contribution is 0.00578.